The second-order valence-corrected chi connectivity index (χ2v) is 4.94. The molecule has 7 nitrogen and oxygen atoms in total. The zero-order chi connectivity index (χ0) is 14.3. The standard InChI is InChI=1S/C14H20N6O/c1(4-19-5-3-15-12-19)2-16-13-10-14(18-11-17-13)20-6-8-21-9-7-20/h3,5,10-12H,1-2,4,6-9H2,(H,16,17,18). The van der Waals surface area contributed by atoms with Gasteiger partial charge in [-0.2, -0.15) is 0 Å². The highest BCUT2D eigenvalue weighted by Crippen LogP contribution is 2.15. The molecule has 0 unspecified atom stereocenters. The summed E-state index contributed by atoms with van der Waals surface area (Å²) in [6.07, 6.45) is 8.24. The molecule has 0 aromatic carbocycles. The molecule has 2 aromatic heterocycles. The number of nitrogens with one attached hydrogen (secondary N) is 1. The maximum absolute atomic E-state index is 5.36. The van der Waals surface area contributed by atoms with Crippen molar-refractivity contribution in [2.75, 3.05) is 43.1 Å². The van der Waals surface area contributed by atoms with E-state index in [1.807, 2.05) is 18.6 Å². The number of imidazole rings is 1. The Kier molecular flexibility index (Phi) is 4.62. The summed E-state index contributed by atoms with van der Waals surface area (Å²) in [5.74, 6) is 1.84. The minimum Gasteiger partial charge on any atom is -0.378 e. The monoisotopic (exact) mass is 288 g/mol. The van der Waals surface area contributed by atoms with Crippen LogP contribution in [0.5, 0.6) is 0 Å². The first-order valence-electron chi connectivity index (χ1n) is 7.26. The SMILES string of the molecule is c1cn(CCCNc2cc(N3CCOCC3)ncn2)cn1. The van der Waals surface area contributed by atoms with Crippen molar-refractivity contribution in [3.05, 3.63) is 31.1 Å². The van der Waals surface area contributed by atoms with Crippen LogP contribution in [-0.4, -0.2) is 52.4 Å². The smallest absolute Gasteiger partial charge is 0.134 e. The van der Waals surface area contributed by atoms with Crippen molar-refractivity contribution >= 4 is 11.6 Å². The predicted octanol–water partition coefficient (Wildman–Crippen LogP) is 1.01. The average Bonchev–Trinajstić information content (AvgIpc) is 3.06. The van der Waals surface area contributed by atoms with Crippen molar-refractivity contribution in [2.24, 2.45) is 0 Å². The van der Waals surface area contributed by atoms with Crippen LogP contribution in [0.2, 0.25) is 0 Å². The number of nitrogens with zero attached hydrogens (tertiary/aromatic N) is 5. The van der Waals surface area contributed by atoms with E-state index in [0.717, 1.165) is 57.4 Å². The van der Waals surface area contributed by atoms with Crippen molar-refractivity contribution in [2.45, 2.75) is 13.0 Å². The summed E-state index contributed by atoms with van der Waals surface area (Å²) < 4.78 is 7.43. The number of aryl methyl sites for hydroxylation is 1. The number of morpholine rings is 1. The lowest BCUT2D eigenvalue weighted by atomic mass is 10.3. The zero-order valence-electron chi connectivity index (χ0n) is 12.0. The lowest BCUT2D eigenvalue weighted by Gasteiger charge is -2.27. The molecular formula is C14H20N6O. The number of ether oxygens (including phenoxy) is 1. The lowest BCUT2D eigenvalue weighted by Crippen LogP contribution is -2.36. The van der Waals surface area contributed by atoms with Gasteiger partial charge < -0.3 is 19.5 Å². The Labute approximate surface area is 124 Å². The molecule has 7 heteroatoms. The van der Waals surface area contributed by atoms with Crippen LogP contribution in [0.4, 0.5) is 11.6 Å². The second-order valence-electron chi connectivity index (χ2n) is 4.94. The van der Waals surface area contributed by atoms with Gasteiger partial charge in [0.25, 0.3) is 0 Å². The Bertz CT molecular complexity index is 538. The Hall–Kier alpha value is -2.15. The molecule has 3 rings (SSSR count). The van der Waals surface area contributed by atoms with Crippen LogP contribution in [0.1, 0.15) is 6.42 Å². The molecule has 0 aliphatic carbocycles. The number of aromatic nitrogens is 4. The van der Waals surface area contributed by atoms with Gasteiger partial charge in [-0.3, -0.25) is 0 Å². The van der Waals surface area contributed by atoms with Crippen LogP contribution in [0, 0.1) is 0 Å². The van der Waals surface area contributed by atoms with Gasteiger partial charge >= 0.3 is 0 Å². The summed E-state index contributed by atoms with van der Waals surface area (Å²) in [6, 6.07) is 2.00. The quantitative estimate of drug-likeness (QED) is 0.800. The highest BCUT2D eigenvalue weighted by molar-refractivity contribution is 5.48. The molecule has 1 aliphatic heterocycles. The predicted molar refractivity (Wildman–Crippen MR) is 80.4 cm³/mol. The van der Waals surface area contributed by atoms with Gasteiger partial charge in [-0.25, -0.2) is 15.0 Å². The van der Waals surface area contributed by atoms with Gasteiger partial charge in [0.15, 0.2) is 0 Å². The fraction of sp³-hybridized carbons (Fsp3) is 0.500. The third kappa shape index (κ3) is 3.91. The van der Waals surface area contributed by atoms with Gasteiger partial charge in [0.2, 0.25) is 0 Å². The largest absolute Gasteiger partial charge is 0.378 e. The summed E-state index contributed by atoms with van der Waals surface area (Å²) in [4.78, 5) is 14.9. The maximum Gasteiger partial charge on any atom is 0.134 e. The third-order valence-electron chi connectivity index (χ3n) is 3.45. The van der Waals surface area contributed by atoms with Gasteiger partial charge in [0, 0.05) is 44.6 Å². The number of rotatable bonds is 6. The van der Waals surface area contributed by atoms with Crippen LogP contribution >= 0.6 is 0 Å². The van der Waals surface area contributed by atoms with Crippen molar-refractivity contribution in [1.82, 2.24) is 19.5 Å². The lowest BCUT2D eigenvalue weighted by molar-refractivity contribution is 0.122. The summed E-state index contributed by atoms with van der Waals surface area (Å²) in [5, 5.41) is 3.34. The minimum atomic E-state index is 0.762. The summed E-state index contributed by atoms with van der Waals surface area (Å²) in [7, 11) is 0. The van der Waals surface area contributed by atoms with Crippen LogP contribution in [0.3, 0.4) is 0 Å². The highest BCUT2D eigenvalue weighted by atomic mass is 16.5. The fourth-order valence-corrected chi connectivity index (χ4v) is 2.31. The number of hydrogen-bond acceptors (Lipinski definition) is 6. The first-order valence-corrected chi connectivity index (χ1v) is 7.26. The molecule has 3 heterocycles. The van der Waals surface area contributed by atoms with Crippen LogP contribution in [0.15, 0.2) is 31.1 Å². The molecule has 1 aliphatic rings. The van der Waals surface area contributed by atoms with E-state index < -0.39 is 0 Å². The zero-order valence-corrected chi connectivity index (χ0v) is 12.0. The summed E-state index contributed by atoms with van der Waals surface area (Å²) in [5.41, 5.74) is 0. The van der Waals surface area contributed by atoms with Gasteiger partial charge in [-0.05, 0) is 6.42 Å². The molecule has 1 N–H and O–H groups in total. The van der Waals surface area contributed by atoms with Crippen molar-refractivity contribution in [3.63, 3.8) is 0 Å². The van der Waals surface area contributed by atoms with E-state index in [9.17, 15) is 0 Å². The Morgan fingerprint density at radius 1 is 1.24 bits per heavy atom. The van der Waals surface area contributed by atoms with Crippen LogP contribution in [0.25, 0.3) is 0 Å². The molecule has 0 amide bonds. The maximum atomic E-state index is 5.36. The van der Waals surface area contributed by atoms with E-state index in [-0.39, 0.29) is 0 Å². The van der Waals surface area contributed by atoms with Gasteiger partial charge in [-0.1, -0.05) is 0 Å². The van der Waals surface area contributed by atoms with E-state index in [0.29, 0.717) is 0 Å². The summed E-state index contributed by atoms with van der Waals surface area (Å²) in [6.45, 7) is 5.12. The van der Waals surface area contributed by atoms with Gasteiger partial charge in [-0.15, -0.1) is 0 Å². The second kappa shape index (κ2) is 7.03. The van der Waals surface area contributed by atoms with Crippen molar-refractivity contribution in [3.8, 4) is 0 Å². The Balaban J connectivity index is 1.48. The normalized spacial score (nSPS) is 15.1. The number of anilines is 2. The van der Waals surface area contributed by atoms with E-state index in [1.165, 1.54) is 0 Å². The first kappa shape index (κ1) is 13.8. The van der Waals surface area contributed by atoms with Crippen molar-refractivity contribution in [1.29, 1.82) is 0 Å². The molecule has 0 bridgehead atoms. The minimum absolute atomic E-state index is 0.762. The average molecular weight is 288 g/mol. The molecule has 0 saturated carbocycles. The third-order valence-corrected chi connectivity index (χ3v) is 3.45. The molecule has 2 aromatic rings. The first-order chi connectivity index (χ1) is 10.4. The molecule has 112 valence electrons. The molecule has 0 radical (unpaired) electrons. The Morgan fingerprint density at radius 3 is 2.95 bits per heavy atom. The summed E-state index contributed by atoms with van der Waals surface area (Å²) >= 11 is 0. The number of hydrogen-bond donors (Lipinski definition) is 1. The molecule has 1 saturated heterocycles. The molecule has 1 fully saturated rings. The van der Waals surface area contributed by atoms with Crippen LogP contribution < -0.4 is 10.2 Å². The fourth-order valence-electron chi connectivity index (χ4n) is 2.31. The van der Waals surface area contributed by atoms with E-state index in [2.05, 4.69) is 29.7 Å². The molecule has 21 heavy (non-hydrogen) atoms. The highest BCUT2D eigenvalue weighted by Gasteiger charge is 2.12. The van der Waals surface area contributed by atoms with E-state index >= 15 is 0 Å². The molecule has 0 atom stereocenters. The molecule has 0 spiro atoms. The molecular weight excluding hydrogens is 268 g/mol. The van der Waals surface area contributed by atoms with Gasteiger partial charge in [0.1, 0.15) is 18.0 Å². The van der Waals surface area contributed by atoms with E-state index in [1.54, 1.807) is 12.5 Å². The van der Waals surface area contributed by atoms with Crippen molar-refractivity contribution < 1.29 is 4.74 Å². The van der Waals surface area contributed by atoms with Crippen LogP contribution in [-0.2, 0) is 11.3 Å². The topological polar surface area (TPSA) is 68.1 Å². The Morgan fingerprint density at radius 2 is 2.14 bits per heavy atom. The van der Waals surface area contributed by atoms with Gasteiger partial charge in [0.05, 0.1) is 19.5 Å². The van der Waals surface area contributed by atoms with E-state index in [4.69, 9.17) is 4.74 Å².